The smallest absolute Gasteiger partial charge is 0.262 e. The number of thioether (sulfide) groups is 1. The predicted molar refractivity (Wildman–Crippen MR) is 133 cm³/mol. The van der Waals surface area contributed by atoms with Crippen LogP contribution < -0.4 is 10.3 Å². The second-order valence-corrected chi connectivity index (χ2v) is 8.78. The summed E-state index contributed by atoms with van der Waals surface area (Å²) in [7, 11) is 3.38. The van der Waals surface area contributed by atoms with Crippen molar-refractivity contribution in [2.24, 2.45) is 7.05 Å². The van der Waals surface area contributed by atoms with E-state index in [-0.39, 0.29) is 5.56 Å². The van der Waals surface area contributed by atoms with Crippen LogP contribution in [0.1, 0.15) is 5.82 Å². The normalized spacial score (nSPS) is 11.6. The van der Waals surface area contributed by atoms with E-state index in [1.165, 1.54) is 16.3 Å². The minimum absolute atomic E-state index is 0.0895. The molecule has 0 fully saturated rings. The van der Waals surface area contributed by atoms with Crippen molar-refractivity contribution in [1.29, 1.82) is 0 Å². The molecule has 168 valence electrons. The van der Waals surface area contributed by atoms with Crippen molar-refractivity contribution >= 4 is 39.5 Å². The average Bonchev–Trinajstić information content (AvgIpc) is 3.47. The predicted octanol–water partition coefficient (Wildman–Crippen LogP) is 4.22. The molecule has 0 bridgehead atoms. The van der Waals surface area contributed by atoms with Crippen molar-refractivity contribution in [2.45, 2.75) is 10.9 Å². The lowest BCUT2D eigenvalue weighted by atomic mass is 10.2. The van der Waals surface area contributed by atoms with Gasteiger partial charge in [0.25, 0.3) is 5.56 Å². The van der Waals surface area contributed by atoms with Gasteiger partial charge in [0.2, 0.25) is 5.78 Å². The second kappa shape index (κ2) is 8.03. The zero-order valence-corrected chi connectivity index (χ0v) is 19.4. The van der Waals surface area contributed by atoms with Crippen molar-refractivity contribution in [3.8, 4) is 11.4 Å². The summed E-state index contributed by atoms with van der Waals surface area (Å²) in [6.07, 6.45) is 0. The van der Waals surface area contributed by atoms with Crippen LogP contribution in [-0.4, -0.2) is 35.8 Å². The van der Waals surface area contributed by atoms with Gasteiger partial charge in [-0.1, -0.05) is 36.0 Å². The zero-order valence-electron chi connectivity index (χ0n) is 18.5. The molecule has 3 aromatic carbocycles. The number of rotatable bonds is 5. The summed E-state index contributed by atoms with van der Waals surface area (Å²) in [6.45, 7) is 0. The van der Waals surface area contributed by atoms with Gasteiger partial charge in [0.15, 0.2) is 5.16 Å². The zero-order chi connectivity index (χ0) is 23.2. The molecule has 34 heavy (non-hydrogen) atoms. The Labute approximate surface area is 198 Å². The molecule has 0 aliphatic rings. The number of fused-ring (bicyclic) bond motifs is 4. The van der Waals surface area contributed by atoms with Crippen molar-refractivity contribution in [2.75, 3.05) is 7.11 Å². The number of hydrogen-bond acceptors (Lipinski definition) is 6. The molecule has 0 saturated carbocycles. The molecule has 0 aliphatic carbocycles. The van der Waals surface area contributed by atoms with Gasteiger partial charge in [-0.25, -0.2) is 4.98 Å². The van der Waals surface area contributed by atoms with E-state index in [0.29, 0.717) is 22.1 Å². The fourth-order valence-electron chi connectivity index (χ4n) is 4.23. The summed E-state index contributed by atoms with van der Waals surface area (Å²) in [6, 6.07) is 23.5. The quantitative estimate of drug-likeness (QED) is 0.353. The standard InChI is InChI=1S/C25H20N6O2S/c1-29-23(32)18-7-3-5-9-20(18)31-24(29)27-28-25(31)34-15-22-26-19-8-4-6-10-21(19)30(22)16-11-13-17(33-2)14-12-16/h3-14H,15H2,1-2H3. The highest BCUT2D eigenvalue weighted by molar-refractivity contribution is 7.98. The van der Waals surface area contributed by atoms with Gasteiger partial charge in [-0.15, -0.1) is 10.2 Å². The molecule has 3 aromatic heterocycles. The van der Waals surface area contributed by atoms with Crippen molar-refractivity contribution in [3.05, 3.63) is 89.0 Å². The molecule has 0 radical (unpaired) electrons. The Hall–Kier alpha value is -4.11. The molecule has 6 rings (SSSR count). The first-order valence-corrected chi connectivity index (χ1v) is 11.7. The molecule has 6 aromatic rings. The molecule has 0 amide bonds. The van der Waals surface area contributed by atoms with Gasteiger partial charge in [0.1, 0.15) is 11.6 Å². The lowest BCUT2D eigenvalue weighted by molar-refractivity contribution is 0.414. The summed E-state index contributed by atoms with van der Waals surface area (Å²) in [5.41, 5.74) is 3.66. The maximum atomic E-state index is 12.7. The number of methoxy groups -OCH3 is 1. The van der Waals surface area contributed by atoms with Crippen LogP contribution in [0.2, 0.25) is 0 Å². The van der Waals surface area contributed by atoms with E-state index < -0.39 is 0 Å². The number of imidazole rings is 1. The van der Waals surface area contributed by atoms with E-state index in [1.54, 1.807) is 14.2 Å². The molecule has 0 spiro atoms. The van der Waals surface area contributed by atoms with Crippen LogP contribution in [-0.2, 0) is 12.8 Å². The highest BCUT2D eigenvalue weighted by Crippen LogP contribution is 2.29. The van der Waals surface area contributed by atoms with E-state index in [4.69, 9.17) is 9.72 Å². The molecule has 9 heteroatoms. The molecular weight excluding hydrogens is 448 g/mol. The number of aromatic nitrogens is 6. The van der Waals surface area contributed by atoms with Gasteiger partial charge in [0, 0.05) is 12.7 Å². The van der Waals surface area contributed by atoms with E-state index in [1.807, 2.05) is 71.1 Å². The first-order valence-electron chi connectivity index (χ1n) is 10.7. The van der Waals surface area contributed by atoms with Crippen LogP contribution in [0, 0.1) is 0 Å². The largest absolute Gasteiger partial charge is 0.497 e. The van der Waals surface area contributed by atoms with Gasteiger partial charge in [-0.2, -0.15) is 0 Å². The summed E-state index contributed by atoms with van der Waals surface area (Å²) in [5, 5.41) is 10.0. The number of nitrogens with zero attached hydrogens (tertiary/aromatic N) is 6. The first-order chi connectivity index (χ1) is 16.7. The van der Waals surface area contributed by atoms with Crippen molar-refractivity contribution in [3.63, 3.8) is 0 Å². The number of para-hydroxylation sites is 3. The molecular formula is C25H20N6O2S. The van der Waals surface area contributed by atoms with Crippen molar-refractivity contribution < 1.29 is 4.74 Å². The molecule has 8 nitrogen and oxygen atoms in total. The van der Waals surface area contributed by atoms with E-state index in [2.05, 4.69) is 20.8 Å². The number of aryl methyl sites for hydroxylation is 1. The minimum atomic E-state index is -0.0895. The summed E-state index contributed by atoms with van der Waals surface area (Å²) < 4.78 is 10.9. The molecule has 3 heterocycles. The van der Waals surface area contributed by atoms with Crippen molar-refractivity contribution in [1.82, 2.24) is 28.7 Å². The lowest BCUT2D eigenvalue weighted by Gasteiger charge is -2.10. The Morgan fingerprint density at radius 2 is 1.65 bits per heavy atom. The van der Waals surface area contributed by atoms with Crippen LogP contribution in [0.5, 0.6) is 5.75 Å². The fourth-order valence-corrected chi connectivity index (χ4v) is 5.09. The number of benzene rings is 3. The third kappa shape index (κ3) is 3.16. The molecule has 0 N–H and O–H groups in total. The Balaban J connectivity index is 1.45. The Morgan fingerprint density at radius 3 is 2.44 bits per heavy atom. The summed E-state index contributed by atoms with van der Waals surface area (Å²) >= 11 is 1.54. The van der Waals surface area contributed by atoms with Crippen LogP contribution in [0.4, 0.5) is 0 Å². The maximum Gasteiger partial charge on any atom is 0.262 e. The van der Waals surface area contributed by atoms with Gasteiger partial charge < -0.3 is 4.74 Å². The summed E-state index contributed by atoms with van der Waals surface area (Å²) in [5.74, 6) is 2.77. The van der Waals surface area contributed by atoms with Gasteiger partial charge in [0.05, 0.1) is 34.8 Å². The van der Waals surface area contributed by atoms with Crippen LogP contribution in [0.3, 0.4) is 0 Å². The third-order valence-electron chi connectivity index (χ3n) is 5.89. The summed E-state index contributed by atoms with van der Waals surface area (Å²) in [4.78, 5) is 17.6. The number of hydrogen-bond donors (Lipinski definition) is 0. The Kier molecular flexibility index (Phi) is 4.84. The minimum Gasteiger partial charge on any atom is -0.497 e. The molecule has 0 atom stereocenters. The average molecular weight is 469 g/mol. The van der Waals surface area contributed by atoms with Crippen LogP contribution >= 0.6 is 11.8 Å². The highest BCUT2D eigenvalue weighted by Gasteiger charge is 2.17. The van der Waals surface area contributed by atoms with E-state index in [9.17, 15) is 4.79 Å². The Morgan fingerprint density at radius 1 is 0.912 bits per heavy atom. The van der Waals surface area contributed by atoms with E-state index >= 15 is 0 Å². The lowest BCUT2D eigenvalue weighted by Crippen LogP contribution is -2.20. The van der Waals surface area contributed by atoms with Gasteiger partial charge in [-0.05, 0) is 48.5 Å². The Bertz CT molecular complexity index is 1730. The molecule has 0 aliphatic heterocycles. The molecule has 0 unspecified atom stereocenters. The van der Waals surface area contributed by atoms with Crippen LogP contribution in [0.25, 0.3) is 33.4 Å². The third-order valence-corrected chi connectivity index (χ3v) is 6.81. The van der Waals surface area contributed by atoms with E-state index in [0.717, 1.165) is 33.8 Å². The first kappa shape index (κ1) is 20.5. The van der Waals surface area contributed by atoms with Gasteiger partial charge in [-0.3, -0.25) is 18.3 Å². The monoisotopic (exact) mass is 468 g/mol. The maximum absolute atomic E-state index is 12.7. The fraction of sp³-hybridized carbons (Fsp3) is 0.120. The second-order valence-electron chi connectivity index (χ2n) is 7.84. The molecule has 0 saturated heterocycles. The number of ether oxygens (including phenoxy) is 1. The highest BCUT2D eigenvalue weighted by atomic mass is 32.2. The van der Waals surface area contributed by atoms with Gasteiger partial charge >= 0.3 is 0 Å². The van der Waals surface area contributed by atoms with Crippen LogP contribution in [0.15, 0.2) is 82.7 Å². The SMILES string of the molecule is COc1ccc(-n2c(CSc3nnc4n(C)c(=O)c5ccccc5n34)nc3ccccc32)cc1. The topological polar surface area (TPSA) is 79.2 Å².